The summed E-state index contributed by atoms with van der Waals surface area (Å²) in [6, 6.07) is 4.51. The number of nitrogens with one attached hydrogen (secondary N) is 2. The van der Waals surface area contributed by atoms with Gasteiger partial charge in [0.05, 0.1) is 58.1 Å². The Kier molecular flexibility index (Phi) is 8.10. The van der Waals surface area contributed by atoms with Crippen molar-refractivity contribution >= 4 is 58.3 Å². The maximum atomic E-state index is 14.5. The Balaban J connectivity index is 2.00. The SMILES string of the molecule is CCCOC(=O)c1c2nc(c(C(F)(F)F)c3nc(c(C(=O)OCCC)c4ccc([nH]4)c(C(F)(F)F)c4ccc1[nH]4)C=C3)C=C2. The van der Waals surface area contributed by atoms with Crippen LogP contribution in [-0.4, -0.2) is 45.1 Å². The maximum Gasteiger partial charge on any atom is 0.420 e. The lowest BCUT2D eigenvalue weighted by atomic mass is 10.1. The molecule has 3 aromatic rings. The van der Waals surface area contributed by atoms with Gasteiger partial charge < -0.3 is 19.4 Å². The van der Waals surface area contributed by atoms with E-state index in [2.05, 4.69) is 19.9 Å². The fourth-order valence-electron chi connectivity index (χ4n) is 4.77. The molecule has 0 amide bonds. The number of ether oxygens (including phenoxy) is 2. The van der Waals surface area contributed by atoms with Crippen molar-refractivity contribution in [3.05, 3.63) is 69.3 Å². The molecular weight excluding hydrogens is 594 g/mol. The molecule has 14 heteroatoms. The van der Waals surface area contributed by atoms with Crippen molar-refractivity contribution in [1.29, 1.82) is 0 Å². The number of hydrogen-bond donors (Lipinski definition) is 2. The Bertz CT molecular complexity index is 1750. The molecule has 0 aromatic carbocycles. The summed E-state index contributed by atoms with van der Waals surface area (Å²) >= 11 is 0. The molecule has 8 nitrogen and oxygen atoms in total. The minimum atomic E-state index is -4.98. The van der Waals surface area contributed by atoms with Crippen molar-refractivity contribution in [2.75, 3.05) is 13.2 Å². The number of aromatic amines is 2. The molecule has 0 saturated heterocycles. The van der Waals surface area contributed by atoms with Gasteiger partial charge in [0, 0.05) is 0 Å². The van der Waals surface area contributed by atoms with E-state index in [-0.39, 0.29) is 46.8 Å². The Morgan fingerprint density at radius 3 is 1.34 bits per heavy atom. The molecule has 0 atom stereocenters. The molecule has 2 aliphatic rings. The van der Waals surface area contributed by atoms with Crippen LogP contribution in [0.3, 0.4) is 0 Å². The number of hydrogen-bond acceptors (Lipinski definition) is 6. The van der Waals surface area contributed by atoms with Gasteiger partial charge >= 0.3 is 24.3 Å². The highest BCUT2D eigenvalue weighted by atomic mass is 19.4. The monoisotopic (exact) mass is 618 g/mol. The number of esters is 2. The molecule has 3 aromatic heterocycles. The fraction of sp³-hybridized carbons (Fsp3) is 0.267. The van der Waals surface area contributed by atoms with Crippen LogP contribution in [0.4, 0.5) is 26.3 Å². The summed E-state index contributed by atoms with van der Waals surface area (Å²) in [5, 5.41) is 0. The highest BCUT2D eigenvalue weighted by molar-refractivity contribution is 6.03. The topological polar surface area (TPSA) is 110 Å². The minimum absolute atomic E-state index is 0.0473. The number of rotatable bonds is 6. The first-order valence-electron chi connectivity index (χ1n) is 13.5. The summed E-state index contributed by atoms with van der Waals surface area (Å²) in [5.41, 5.74) is -6.11. The van der Waals surface area contributed by atoms with Gasteiger partial charge in [0.15, 0.2) is 0 Å². The lowest BCUT2D eigenvalue weighted by Gasteiger charge is -2.09. The zero-order valence-corrected chi connectivity index (χ0v) is 23.2. The molecule has 0 radical (unpaired) electrons. The van der Waals surface area contributed by atoms with E-state index in [1.807, 2.05) is 0 Å². The van der Waals surface area contributed by atoms with E-state index >= 15 is 0 Å². The summed E-state index contributed by atoms with van der Waals surface area (Å²) in [4.78, 5) is 39.4. The van der Waals surface area contributed by atoms with Gasteiger partial charge in [-0.25, -0.2) is 19.6 Å². The van der Waals surface area contributed by atoms with Gasteiger partial charge in [-0.2, -0.15) is 26.3 Å². The van der Waals surface area contributed by atoms with Gasteiger partial charge in [-0.05, 0) is 61.4 Å². The van der Waals surface area contributed by atoms with Crippen LogP contribution >= 0.6 is 0 Å². The first-order chi connectivity index (χ1) is 20.8. The van der Waals surface area contributed by atoms with Crippen LogP contribution in [0.2, 0.25) is 0 Å². The molecule has 8 bridgehead atoms. The molecule has 2 N–H and O–H groups in total. The van der Waals surface area contributed by atoms with Crippen LogP contribution in [0.1, 0.15) is 81.3 Å². The number of carbonyl (C=O) groups excluding carboxylic acids is 2. The third-order valence-corrected chi connectivity index (χ3v) is 6.60. The summed E-state index contributed by atoms with van der Waals surface area (Å²) in [6.07, 6.45) is -4.78. The van der Waals surface area contributed by atoms with E-state index < -0.39 is 57.8 Å². The van der Waals surface area contributed by atoms with Crippen molar-refractivity contribution in [2.24, 2.45) is 0 Å². The molecule has 44 heavy (non-hydrogen) atoms. The van der Waals surface area contributed by atoms with Crippen molar-refractivity contribution < 1.29 is 45.4 Å². The molecule has 5 heterocycles. The van der Waals surface area contributed by atoms with E-state index in [4.69, 9.17) is 9.47 Å². The molecule has 0 spiro atoms. The Labute approximate surface area is 245 Å². The second-order valence-electron chi connectivity index (χ2n) is 9.77. The van der Waals surface area contributed by atoms with Crippen LogP contribution in [0, 0.1) is 0 Å². The second kappa shape index (κ2) is 11.7. The largest absolute Gasteiger partial charge is 0.462 e. The zero-order valence-electron chi connectivity index (χ0n) is 23.2. The smallest absolute Gasteiger partial charge is 0.420 e. The number of H-pyrrole nitrogens is 2. The number of carbonyl (C=O) groups is 2. The minimum Gasteiger partial charge on any atom is -0.462 e. The molecule has 0 fully saturated rings. The molecule has 2 aliphatic heterocycles. The third kappa shape index (κ3) is 5.83. The van der Waals surface area contributed by atoms with E-state index in [1.165, 1.54) is 12.1 Å². The number of fused-ring (bicyclic) bond motifs is 8. The summed E-state index contributed by atoms with van der Waals surface area (Å²) in [7, 11) is 0. The number of nitrogens with zero attached hydrogens (tertiary/aromatic N) is 2. The highest BCUT2D eigenvalue weighted by Gasteiger charge is 2.38. The van der Waals surface area contributed by atoms with Crippen molar-refractivity contribution in [3.63, 3.8) is 0 Å². The number of aromatic nitrogens is 4. The van der Waals surface area contributed by atoms with Crippen LogP contribution in [0.5, 0.6) is 0 Å². The van der Waals surface area contributed by atoms with Crippen molar-refractivity contribution in [2.45, 2.75) is 39.0 Å². The predicted molar refractivity (Wildman–Crippen MR) is 150 cm³/mol. The molecule has 0 aliphatic carbocycles. The van der Waals surface area contributed by atoms with E-state index in [0.717, 1.165) is 36.4 Å². The summed E-state index contributed by atoms with van der Waals surface area (Å²) in [6.45, 7) is 3.34. The lowest BCUT2D eigenvalue weighted by Crippen LogP contribution is -2.11. The Hall–Kier alpha value is -4.88. The second-order valence-corrected chi connectivity index (χ2v) is 9.77. The zero-order chi connectivity index (χ0) is 31.8. The van der Waals surface area contributed by atoms with Crippen LogP contribution in [0.25, 0.3) is 46.4 Å². The van der Waals surface area contributed by atoms with Gasteiger partial charge in [-0.15, -0.1) is 0 Å². The molecule has 230 valence electrons. The lowest BCUT2D eigenvalue weighted by molar-refractivity contribution is -0.138. The van der Waals surface area contributed by atoms with Gasteiger partial charge in [0.1, 0.15) is 22.3 Å². The molecule has 5 rings (SSSR count). The Morgan fingerprint density at radius 1 is 0.614 bits per heavy atom. The quantitative estimate of drug-likeness (QED) is 0.148. The molecular formula is C30H24F6N4O4. The van der Waals surface area contributed by atoms with E-state index in [9.17, 15) is 35.9 Å². The average molecular weight is 619 g/mol. The van der Waals surface area contributed by atoms with E-state index in [0.29, 0.717) is 12.8 Å². The summed E-state index contributed by atoms with van der Waals surface area (Å²) in [5.74, 6) is -1.98. The van der Waals surface area contributed by atoms with Crippen molar-refractivity contribution in [1.82, 2.24) is 19.9 Å². The fourth-order valence-corrected chi connectivity index (χ4v) is 4.77. The van der Waals surface area contributed by atoms with Gasteiger partial charge in [-0.1, -0.05) is 13.8 Å². The number of alkyl halides is 6. The highest BCUT2D eigenvalue weighted by Crippen LogP contribution is 2.38. The summed E-state index contributed by atoms with van der Waals surface area (Å²) < 4.78 is 97.4. The maximum absolute atomic E-state index is 14.5. The molecule has 0 unspecified atom stereocenters. The van der Waals surface area contributed by atoms with Crippen LogP contribution in [0.15, 0.2) is 24.3 Å². The molecule has 0 saturated carbocycles. The number of halogens is 6. The van der Waals surface area contributed by atoms with E-state index in [1.54, 1.807) is 13.8 Å². The standard InChI is InChI=1S/C30H24F6N4O4/c1-3-13-43-27(41)23-15-5-9-19(37-15)25(29(31,32)33)21-11-7-17(39-21)24(28(42)44-14-4-2)18-8-12-22(40-18)26(30(34,35)36)20-10-6-16(23)38-20/h5-12,37,39H,3-4,13-14H2,1-2H3. The van der Waals surface area contributed by atoms with Gasteiger partial charge in [0.2, 0.25) is 0 Å². The predicted octanol–water partition coefficient (Wildman–Crippen LogP) is 7.83. The first kappa shape index (κ1) is 30.6. The first-order valence-corrected chi connectivity index (χ1v) is 13.5. The van der Waals surface area contributed by atoms with Crippen molar-refractivity contribution in [3.8, 4) is 0 Å². The van der Waals surface area contributed by atoms with Gasteiger partial charge in [0.25, 0.3) is 0 Å². The Morgan fingerprint density at radius 2 is 0.977 bits per heavy atom. The van der Waals surface area contributed by atoms with Crippen LogP contribution in [-0.2, 0) is 21.8 Å². The third-order valence-electron chi connectivity index (χ3n) is 6.60. The average Bonchev–Trinajstić information content (AvgIpc) is 3.75. The van der Waals surface area contributed by atoms with Gasteiger partial charge in [-0.3, -0.25) is 0 Å². The normalized spacial score (nSPS) is 12.9. The van der Waals surface area contributed by atoms with Crippen LogP contribution < -0.4 is 0 Å².